The van der Waals surface area contributed by atoms with Crippen molar-refractivity contribution in [2.24, 2.45) is 5.92 Å². The van der Waals surface area contributed by atoms with Crippen LogP contribution in [0.15, 0.2) is 0 Å². The second-order valence-electron chi connectivity index (χ2n) is 9.93. The van der Waals surface area contributed by atoms with E-state index >= 15 is 0 Å². The highest BCUT2D eigenvalue weighted by molar-refractivity contribution is 8.77. The summed E-state index contributed by atoms with van der Waals surface area (Å²) < 4.78 is 21.8. The molecule has 0 aliphatic heterocycles. The van der Waals surface area contributed by atoms with Crippen molar-refractivity contribution >= 4 is 33.7 Å². The molecule has 0 aromatic rings. The van der Waals surface area contributed by atoms with E-state index in [0.717, 1.165) is 25.8 Å². The van der Waals surface area contributed by atoms with Gasteiger partial charge in [0.15, 0.2) is 0 Å². The summed E-state index contributed by atoms with van der Waals surface area (Å²) in [7, 11) is 3.36. The minimum absolute atomic E-state index is 0. The first-order chi connectivity index (χ1) is 18.6. The van der Waals surface area contributed by atoms with Crippen LogP contribution in [0.1, 0.15) is 66.5 Å². The average molecular weight is 601 g/mol. The smallest absolute Gasteiger partial charge is 0.407 e. The molecule has 236 valence electrons. The number of carbonyl (C=O) groups excluding carboxylic acids is 2. The normalized spacial score (nSPS) is 11.3. The zero-order chi connectivity index (χ0) is 29.2. The fraction of sp³-hybridized carbons (Fsp3) is 0.852. The third kappa shape index (κ3) is 29.4. The number of alkyl carbamates (subject to hydrolysis) is 1. The first-order valence-electron chi connectivity index (χ1n) is 13.8. The van der Waals surface area contributed by atoms with E-state index in [0.29, 0.717) is 77.2 Å². The molecule has 4 N–H and O–H groups in total. The van der Waals surface area contributed by atoms with E-state index < -0.39 is 6.09 Å². The Labute approximate surface area is 250 Å². The summed E-state index contributed by atoms with van der Waals surface area (Å²) in [5, 5.41) is 11.5. The van der Waals surface area contributed by atoms with Crippen molar-refractivity contribution in [3.05, 3.63) is 0 Å². The van der Waals surface area contributed by atoms with Gasteiger partial charge in [-0.15, -0.1) is 0 Å². The molecule has 0 aromatic carbocycles. The predicted octanol–water partition coefficient (Wildman–Crippen LogP) is 4.99. The van der Waals surface area contributed by atoms with Crippen LogP contribution < -0.4 is 21.3 Å². The van der Waals surface area contributed by atoms with Gasteiger partial charge in [-0.05, 0) is 33.1 Å². The van der Waals surface area contributed by atoms with Gasteiger partial charge >= 0.3 is 12.1 Å². The Morgan fingerprint density at radius 2 is 1.56 bits per heavy atom. The van der Waals surface area contributed by atoms with Crippen molar-refractivity contribution in [3.63, 3.8) is 0 Å². The van der Waals surface area contributed by atoms with Crippen LogP contribution in [0.5, 0.6) is 0 Å². The summed E-state index contributed by atoms with van der Waals surface area (Å²) in [5.74, 6) is 6.80. The SMILES string of the molecule is CC(C)C#CCNC(=O)NCCCCOCSSC(C)(C)CCOC(=O)NCCOCCOCCNC(C)C.[HH].[HH].[HH].[HH]. The Bertz CT molecular complexity index is 706. The maximum absolute atomic E-state index is 11.8. The van der Waals surface area contributed by atoms with E-state index in [-0.39, 0.29) is 16.5 Å². The lowest BCUT2D eigenvalue weighted by molar-refractivity contribution is 0.0489. The third-order valence-corrected chi connectivity index (χ3v) is 7.80. The maximum Gasteiger partial charge on any atom is 0.407 e. The van der Waals surface area contributed by atoms with Crippen molar-refractivity contribution < 1.29 is 34.2 Å². The molecular formula is C27H60N4O6S2. The Hall–Kier alpha value is -1.36. The molecule has 0 rings (SSSR count). The van der Waals surface area contributed by atoms with Crippen LogP contribution >= 0.6 is 21.6 Å². The van der Waals surface area contributed by atoms with Crippen molar-refractivity contribution in [2.75, 3.05) is 71.8 Å². The molecule has 0 radical (unpaired) electrons. The largest absolute Gasteiger partial charge is 0.450 e. The summed E-state index contributed by atoms with van der Waals surface area (Å²) in [6.45, 7) is 17.7. The first kappa shape index (κ1) is 37.6. The first-order valence-corrected chi connectivity index (χ1v) is 16.1. The molecule has 12 heteroatoms. The van der Waals surface area contributed by atoms with E-state index in [1.54, 1.807) is 21.6 Å². The number of urea groups is 1. The van der Waals surface area contributed by atoms with Crippen molar-refractivity contribution in [1.82, 2.24) is 21.3 Å². The summed E-state index contributed by atoms with van der Waals surface area (Å²) in [6, 6.07) is 0.263. The predicted molar refractivity (Wildman–Crippen MR) is 171 cm³/mol. The molecule has 0 aliphatic rings. The molecule has 10 nitrogen and oxygen atoms in total. The second-order valence-corrected chi connectivity index (χ2v) is 12.9. The highest BCUT2D eigenvalue weighted by Gasteiger charge is 2.19. The maximum atomic E-state index is 11.8. The quantitative estimate of drug-likeness (QED) is 0.0557. The number of amides is 3. The standard InChI is InChI=1S/C27H52N4O6S2.4H2/c1-23(2)10-9-13-30-25(32)29-12-7-8-16-36-22-38-39-27(5,6)11-17-37-26(33)31-15-19-35-21-20-34-18-14-28-24(3)4;;;;/h23-24,28H,7-8,11-22H2,1-6H3,(H,31,33)(H2,29,30,32);4*1H. The molecule has 0 saturated heterocycles. The van der Waals surface area contributed by atoms with Gasteiger partial charge in [0.25, 0.3) is 0 Å². The van der Waals surface area contributed by atoms with Crippen LogP contribution in [0.25, 0.3) is 0 Å². The molecule has 0 unspecified atom stereocenters. The van der Waals surface area contributed by atoms with Crippen LogP contribution in [-0.4, -0.2) is 94.7 Å². The molecule has 0 heterocycles. The lowest BCUT2D eigenvalue weighted by Crippen LogP contribution is -2.36. The molecule has 0 aliphatic carbocycles. The highest BCUT2D eigenvalue weighted by Crippen LogP contribution is 2.37. The Morgan fingerprint density at radius 1 is 0.846 bits per heavy atom. The molecule has 0 fully saturated rings. The molecule has 0 aromatic heterocycles. The summed E-state index contributed by atoms with van der Waals surface area (Å²) in [6.07, 6.45) is 2.03. The average Bonchev–Trinajstić information content (AvgIpc) is 2.86. The molecule has 0 atom stereocenters. The third-order valence-electron chi connectivity index (χ3n) is 4.77. The van der Waals surface area contributed by atoms with E-state index in [1.807, 2.05) is 13.8 Å². The minimum Gasteiger partial charge on any atom is -0.450 e. The zero-order valence-electron chi connectivity index (χ0n) is 24.8. The Kier molecular flexibility index (Phi) is 24.7. The lowest BCUT2D eigenvalue weighted by atomic mass is 10.1. The Balaban J connectivity index is -0.00000120. The van der Waals surface area contributed by atoms with Gasteiger partial charge < -0.3 is 40.2 Å². The Morgan fingerprint density at radius 3 is 2.26 bits per heavy atom. The van der Waals surface area contributed by atoms with Gasteiger partial charge in [0, 0.05) is 48.7 Å². The summed E-state index contributed by atoms with van der Waals surface area (Å²) in [5.41, 5.74) is 0. The molecule has 0 bridgehead atoms. The van der Waals surface area contributed by atoms with E-state index in [4.69, 9.17) is 18.9 Å². The van der Waals surface area contributed by atoms with Crippen LogP contribution in [0, 0.1) is 17.8 Å². The zero-order valence-corrected chi connectivity index (χ0v) is 26.5. The number of ether oxygens (including phenoxy) is 4. The number of nitrogens with one attached hydrogen (secondary N) is 4. The van der Waals surface area contributed by atoms with E-state index in [1.165, 1.54) is 0 Å². The van der Waals surface area contributed by atoms with Gasteiger partial charge in [-0.3, -0.25) is 0 Å². The fourth-order valence-corrected chi connectivity index (χ4v) is 4.97. The van der Waals surface area contributed by atoms with Gasteiger partial charge in [0.1, 0.15) is 5.94 Å². The van der Waals surface area contributed by atoms with Crippen LogP contribution in [-0.2, 0) is 18.9 Å². The van der Waals surface area contributed by atoms with Gasteiger partial charge in [0.05, 0.1) is 39.6 Å². The second kappa shape index (κ2) is 25.6. The minimum atomic E-state index is -0.432. The molecular weight excluding hydrogens is 540 g/mol. The van der Waals surface area contributed by atoms with Crippen molar-refractivity contribution in [1.29, 1.82) is 0 Å². The molecule has 39 heavy (non-hydrogen) atoms. The summed E-state index contributed by atoms with van der Waals surface area (Å²) in [4.78, 5) is 23.5. The fourth-order valence-electron chi connectivity index (χ4n) is 2.70. The summed E-state index contributed by atoms with van der Waals surface area (Å²) >= 11 is 0. The van der Waals surface area contributed by atoms with Gasteiger partial charge in [-0.25, -0.2) is 9.59 Å². The number of hydrogen-bond acceptors (Lipinski definition) is 9. The molecule has 0 spiro atoms. The number of carbonyl (C=O) groups is 2. The molecule has 0 saturated carbocycles. The van der Waals surface area contributed by atoms with Crippen LogP contribution in [0.2, 0.25) is 0 Å². The highest BCUT2D eigenvalue weighted by atomic mass is 33.1. The monoisotopic (exact) mass is 600 g/mol. The van der Waals surface area contributed by atoms with Crippen LogP contribution in [0.4, 0.5) is 9.59 Å². The van der Waals surface area contributed by atoms with Gasteiger partial charge in [-0.2, -0.15) is 0 Å². The van der Waals surface area contributed by atoms with Gasteiger partial charge in [0.2, 0.25) is 0 Å². The van der Waals surface area contributed by atoms with Crippen LogP contribution in [0.3, 0.4) is 0 Å². The van der Waals surface area contributed by atoms with Gasteiger partial charge in [-0.1, -0.05) is 61.1 Å². The number of unbranched alkanes of at least 4 members (excludes halogenated alkanes) is 1. The van der Waals surface area contributed by atoms with Crippen molar-refractivity contribution in [2.45, 2.75) is 71.6 Å². The van der Waals surface area contributed by atoms with E-state index in [2.05, 4.69) is 60.8 Å². The number of hydrogen-bond donors (Lipinski definition) is 4. The molecule has 3 amide bonds. The number of rotatable bonds is 23. The lowest BCUT2D eigenvalue weighted by Gasteiger charge is -2.22. The van der Waals surface area contributed by atoms with Crippen molar-refractivity contribution in [3.8, 4) is 11.8 Å². The topological polar surface area (TPSA) is 119 Å². The van der Waals surface area contributed by atoms with E-state index in [9.17, 15) is 9.59 Å².